The van der Waals surface area contributed by atoms with Gasteiger partial charge in [0.15, 0.2) is 0 Å². The Bertz CT molecular complexity index is 484. The molecule has 0 saturated heterocycles. The molecule has 0 aliphatic carbocycles. The molecule has 0 radical (unpaired) electrons. The van der Waals surface area contributed by atoms with Crippen molar-refractivity contribution < 1.29 is 14.3 Å². The number of halogens is 1. The van der Waals surface area contributed by atoms with Crippen molar-refractivity contribution in [2.75, 3.05) is 18.2 Å². The van der Waals surface area contributed by atoms with E-state index in [1.54, 1.807) is 18.7 Å². The molecule has 0 spiro atoms. The molecular formula is C15H23ClN2O3S. The van der Waals surface area contributed by atoms with Gasteiger partial charge in [-0.2, -0.15) is 11.8 Å². The van der Waals surface area contributed by atoms with Gasteiger partial charge in [0.2, 0.25) is 5.91 Å². The highest BCUT2D eigenvalue weighted by Gasteiger charge is 2.06. The standard InChI is InChI=1S/C15H22N2O3S.ClH/c1-11(16)8-14(18)17-13-5-3-4-12(9-13)10-21-7-6-15(19)20-2;/h3-5,9,11H,6-8,10,16H2,1-2H3,(H,17,18);1H. The minimum atomic E-state index is -0.195. The number of hydrogen-bond donors (Lipinski definition) is 2. The molecule has 0 bridgehead atoms. The van der Waals surface area contributed by atoms with Crippen molar-refractivity contribution in [2.24, 2.45) is 5.73 Å². The van der Waals surface area contributed by atoms with Crippen LogP contribution in [-0.4, -0.2) is 30.8 Å². The van der Waals surface area contributed by atoms with E-state index < -0.39 is 0 Å². The van der Waals surface area contributed by atoms with Crippen LogP contribution in [0.15, 0.2) is 24.3 Å². The fourth-order valence-corrected chi connectivity index (χ4v) is 2.56. The van der Waals surface area contributed by atoms with Crippen LogP contribution in [0.4, 0.5) is 5.69 Å². The fraction of sp³-hybridized carbons (Fsp3) is 0.467. The second-order valence-electron chi connectivity index (χ2n) is 4.81. The topological polar surface area (TPSA) is 81.4 Å². The third-order valence-corrected chi connectivity index (χ3v) is 3.70. The highest BCUT2D eigenvalue weighted by atomic mass is 35.5. The Morgan fingerprint density at radius 1 is 1.41 bits per heavy atom. The molecule has 0 aliphatic heterocycles. The number of thioether (sulfide) groups is 1. The summed E-state index contributed by atoms with van der Waals surface area (Å²) in [7, 11) is 1.39. The summed E-state index contributed by atoms with van der Waals surface area (Å²) in [6.07, 6.45) is 0.712. The largest absolute Gasteiger partial charge is 0.469 e. The fourth-order valence-electron chi connectivity index (χ4n) is 1.69. The van der Waals surface area contributed by atoms with Crippen LogP contribution in [0.5, 0.6) is 0 Å². The van der Waals surface area contributed by atoms with Gasteiger partial charge in [-0.25, -0.2) is 0 Å². The van der Waals surface area contributed by atoms with E-state index in [2.05, 4.69) is 10.1 Å². The second-order valence-corrected chi connectivity index (χ2v) is 5.91. The van der Waals surface area contributed by atoms with E-state index in [-0.39, 0.29) is 30.3 Å². The minimum Gasteiger partial charge on any atom is -0.469 e. The van der Waals surface area contributed by atoms with Crippen LogP contribution >= 0.6 is 24.2 Å². The highest BCUT2D eigenvalue weighted by Crippen LogP contribution is 2.17. The quantitative estimate of drug-likeness (QED) is 0.558. The van der Waals surface area contributed by atoms with Gasteiger partial charge in [-0.1, -0.05) is 12.1 Å². The Kier molecular flexibility index (Phi) is 10.7. The van der Waals surface area contributed by atoms with Gasteiger partial charge in [-0.15, -0.1) is 12.4 Å². The summed E-state index contributed by atoms with van der Waals surface area (Å²) in [6.45, 7) is 1.80. The highest BCUT2D eigenvalue weighted by molar-refractivity contribution is 7.98. The molecule has 3 N–H and O–H groups in total. The van der Waals surface area contributed by atoms with Crippen LogP contribution in [0.2, 0.25) is 0 Å². The molecule has 1 rings (SSSR count). The Morgan fingerprint density at radius 2 is 2.14 bits per heavy atom. The number of carbonyl (C=O) groups is 2. The summed E-state index contributed by atoms with van der Waals surface area (Å²) in [6, 6.07) is 7.53. The predicted octanol–water partition coefficient (Wildman–Crippen LogP) is 2.58. The van der Waals surface area contributed by atoms with E-state index in [0.717, 1.165) is 17.0 Å². The zero-order chi connectivity index (χ0) is 15.7. The molecule has 0 fully saturated rings. The first-order chi connectivity index (χ1) is 10.0. The maximum atomic E-state index is 11.7. The lowest BCUT2D eigenvalue weighted by atomic mass is 10.2. The van der Waals surface area contributed by atoms with Gasteiger partial charge in [0, 0.05) is 29.7 Å². The molecule has 1 atom stereocenters. The third-order valence-electron chi connectivity index (χ3n) is 2.67. The number of carbonyl (C=O) groups excluding carboxylic acids is 2. The summed E-state index contributed by atoms with van der Waals surface area (Å²) in [5, 5.41) is 2.83. The maximum absolute atomic E-state index is 11.7. The van der Waals surface area contributed by atoms with Crippen LogP contribution in [0.1, 0.15) is 25.3 Å². The van der Waals surface area contributed by atoms with E-state index in [1.807, 2.05) is 24.3 Å². The van der Waals surface area contributed by atoms with Crippen LogP contribution in [-0.2, 0) is 20.1 Å². The molecule has 7 heteroatoms. The summed E-state index contributed by atoms with van der Waals surface area (Å²) in [5.74, 6) is 1.22. The van der Waals surface area contributed by atoms with Crippen LogP contribution in [0.25, 0.3) is 0 Å². The molecule has 1 aromatic carbocycles. The van der Waals surface area contributed by atoms with Crippen LogP contribution in [0.3, 0.4) is 0 Å². The third kappa shape index (κ3) is 8.92. The van der Waals surface area contributed by atoms with Gasteiger partial charge in [0.25, 0.3) is 0 Å². The summed E-state index contributed by atoms with van der Waals surface area (Å²) in [4.78, 5) is 22.6. The van der Waals surface area contributed by atoms with E-state index in [1.165, 1.54) is 7.11 Å². The molecule has 0 saturated carbocycles. The number of methoxy groups -OCH3 is 1. The van der Waals surface area contributed by atoms with E-state index in [0.29, 0.717) is 18.6 Å². The Balaban J connectivity index is 0.00000441. The number of anilines is 1. The van der Waals surface area contributed by atoms with Crippen molar-refractivity contribution in [1.82, 2.24) is 0 Å². The predicted molar refractivity (Wildman–Crippen MR) is 93.4 cm³/mol. The number of nitrogens with two attached hydrogens (primary N) is 1. The summed E-state index contributed by atoms with van der Waals surface area (Å²) < 4.78 is 4.59. The van der Waals surface area contributed by atoms with E-state index >= 15 is 0 Å². The van der Waals surface area contributed by atoms with Crippen molar-refractivity contribution >= 4 is 41.7 Å². The van der Waals surface area contributed by atoms with Gasteiger partial charge in [0.1, 0.15) is 0 Å². The van der Waals surface area contributed by atoms with Crippen molar-refractivity contribution in [3.8, 4) is 0 Å². The lowest BCUT2D eigenvalue weighted by molar-refractivity contribution is -0.140. The lowest BCUT2D eigenvalue weighted by Gasteiger charge is -2.09. The number of rotatable bonds is 8. The first kappa shape index (κ1) is 20.8. The molecule has 124 valence electrons. The Morgan fingerprint density at radius 3 is 2.77 bits per heavy atom. The van der Waals surface area contributed by atoms with Crippen molar-refractivity contribution in [2.45, 2.75) is 31.6 Å². The van der Waals surface area contributed by atoms with Crippen molar-refractivity contribution in [3.05, 3.63) is 29.8 Å². The zero-order valence-corrected chi connectivity index (χ0v) is 14.5. The molecule has 5 nitrogen and oxygen atoms in total. The number of amides is 1. The van der Waals surface area contributed by atoms with E-state index in [4.69, 9.17) is 5.73 Å². The number of benzene rings is 1. The maximum Gasteiger partial charge on any atom is 0.306 e. The van der Waals surface area contributed by atoms with Gasteiger partial charge in [0.05, 0.1) is 13.5 Å². The Labute approximate surface area is 141 Å². The van der Waals surface area contributed by atoms with Gasteiger partial charge in [-0.3, -0.25) is 9.59 Å². The average molecular weight is 347 g/mol. The molecule has 1 aromatic rings. The van der Waals surface area contributed by atoms with Crippen LogP contribution < -0.4 is 11.1 Å². The number of hydrogen-bond acceptors (Lipinski definition) is 5. The average Bonchev–Trinajstić information content (AvgIpc) is 2.42. The lowest BCUT2D eigenvalue weighted by Crippen LogP contribution is -2.23. The normalized spacial score (nSPS) is 11.2. The molecule has 0 heterocycles. The molecule has 0 aromatic heterocycles. The smallest absolute Gasteiger partial charge is 0.306 e. The molecule has 0 aliphatic rings. The van der Waals surface area contributed by atoms with Crippen molar-refractivity contribution in [1.29, 1.82) is 0 Å². The molecule has 22 heavy (non-hydrogen) atoms. The SMILES string of the molecule is COC(=O)CCSCc1cccc(NC(=O)CC(C)N)c1.Cl. The van der Waals surface area contributed by atoms with Crippen molar-refractivity contribution in [3.63, 3.8) is 0 Å². The first-order valence-corrected chi connectivity index (χ1v) is 7.95. The first-order valence-electron chi connectivity index (χ1n) is 6.80. The summed E-state index contributed by atoms with van der Waals surface area (Å²) in [5.41, 5.74) is 7.46. The monoisotopic (exact) mass is 346 g/mol. The van der Waals surface area contributed by atoms with E-state index in [9.17, 15) is 9.59 Å². The van der Waals surface area contributed by atoms with Gasteiger partial charge >= 0.3 is 5.97 Å². The molecule has 1 unspecified atom stereocenters. The molecule has 1 amide bonds. The second kappa shape index (κ2) is 11.3. The van der Waals surface area contributed by atoms with Gasteiger partial charge in [-0.05, 0) is 24.6 Å². The van der Waals surface area contributed by atoms with Crippen LogP contribution in [0, 0.1) is 0 Å². The number of ether oxygens (including phenoxy) is 1. The van der Waals surface area contributed by atoms with Gasteiger partial charge < -0.3 is 15.8 Å². The number of nitrogens with one attached hydrogen (secondary N) is 1. The molecular weight excluding hydrogens is 324 g/mol. The zero-order valence-electron chi connectivity index (χ0n) is 12.8. The summed E-state index contributed by atoms with van der Waals surface area (Å²) >= 11 is 1.65. The number of esters is 1. The minimum absolute atomic E-state index is 0. The Hall–Kier alpha value is -1.24.